The summed E-state index contributed by atoms with van der Waals surface area (Å²) >= 11 is 0. The third kappa shape index (κ3) is 2.96. The number of nitriles is 1. The summed E-state index contributed by atoms with van der Waals surface area (Å²) in [7, 11) is 0. The predicted molar refractivity (Wildman–Crippen MR) is 23.2 cm³/mol. The van der Waals surface area contributed by atoms with Crippen LogP contribution in [-0.4, -0.2) is 12.9 Å². The Labute approximate surface area is 36.1 Å². The van der Waals surface area contributed by atoms with Gasteiger partial charge in [0.2, 0.25) is 0 Å². The Bertz CT molecular complexity index is 78.5. The van der Waals surface area contributed by atoms with Gasteiger partial charge >= 0.3 is 0 Å². The first-order valence-corrected chi connectivity index (χ1v) is 1.48. The highest BCUT2D eigenvalue weighted by Crippen LogP contribution is 1.54. The van der Waals surface area contributed by atoms with Crippen LogP contribution in [0.25, 0.3) is 0 Å². The third-order valence-corrected chi connectivity index (χ3v) is 0.267. The molecular formula is C3H5N3. The number of aliphatic imine (C=N–C) groups is 1. The van der Waals surface area contributed by atoms with Gasteiger partial charge in [0.15, 0.2) is 0 Å². The van der Waals surface area contributed by atoms with E-state index in [2.05, 4.69) is 4.99 Å². The minimum Gasteiger partial charge on any atom is -0.390 e. The van der Waals surface area contributed by atoms with Crippen LogP contribution in [0.2, 0.25) is 0 Å². The molecule has 0 saturated heterocycles. The lowest BCUT2D eigenvalue weighted by molar-refractivity contribution is 1.24. The van der Waals surface area contributed by atoms with E-state index in [4.69, 9.17) is 11.0 Å². The second kappa shape index (κ2) is 3.96. The molecule has 0 fully saturated rings. The lowest BCUT2D eigenvalue weighted by atomic mass is 10.8. The minimum absolute atomic E-state index is 0.163. The summed E-state index contributed by atoms with van der Waals surface area (Å²) in [5.74, 6) is 0. The van der Waals surface area contributed by atoms with Crippen molar-refractivity contribution in [3.05, 3.63) is 0 Å². The zero-order valence-corrected chi connectivity index (χ0v) is 3.26. The van der Waals surface area contributed by atoms with Gasteiger partial charge in [0.05, 0.1) is 12.4 Å². The van der Waals surface area contributed by atoms with Crippen molar-refractivity contribution in [2.45, 2.75) is 0 Å². The van der Waals surface area contributed by atoms with Crippen LogP contribution < -0.4 is 5.73 Å². The fraction of sp³-hybridized carbons (Fsp3) is 0.333. The van der Waals surface area contributed by atoms with E-state index < -0.39 is 0 Å². The molecule has 0 spiro atoms. The Balaban J connectivity index is 2.92. The molecule has 0 rings (SSSR count). The molecule has 0 amide bonds. The van der Waals surface area contributed by atoms with E-state index in [0.717, 1.165) is 6.34 Å². The zero-order valence-electron chi connectivity index (χ0n) is 3.26. The van der Waals surface area contributed by atoms with Crippen LogP contribution in [0.15, 0.2) is 4.99 Å². The van der Waals surface area contributed by atoms with E-state index in [1.807, 2.05) is 0 Å². The van der Waals surface area contributed by atoms with Crippen molar-refractivity contribution in [1.82, 2.24) is 0 Å². The summed E-state index contributed by atoms with van der Waals surface area (Å²) in [5, 5.41) is 7.78. The highest BCUT2D eigenvalue weighted by atomic mass is 14.8. The average Bonchev–Trinajstić information content (AvgIpc) is 1.61. The Morgan fingerprint density at radius 3 is 2.83 bits per heavy atom. The maximum Gasteiger partial charge on any atom is 0.127 e. The molecule has 0 saturated carbocycles. The molecule has 0 aliphatic rings. The molecule has 0 heterocycles. The molecule has 32 valence electrons. The van der Waals surface area contributed by atoms with Gasteiger partial charge in [-0.05, 0) is 0 Å². The summed E-state index contributed by atoms with van der Waals surface area (Å²) < 4.78 is 0. The van der Waals surface area contributed by atoms with E-state index in [9.17, 15) is 0 Å². The van der Waals surface area contributed by atoms with E-state index in [1.165, 1.54) is 0 Å². The first-order chi connectivity index (χ1) is 2.91. The van der Waals surface area contributed by atoms with Gasteiger partial charge in [-0.15, -0.1) is 0 Å². The standard InChI is InChI=1S/C3H5N3/c4-1-2-6-3-5/h3H,2H2,(H2,5,6). The van der Waals surface area contributed by atoms with Crippen molar-refractivity contribution < 1.29 is 0 Å². The predicted octanol–water partition coefficient (Wildman–Crippen LogP) is -0.503. The van der Waals surface area contributed by atoms with Crippen molar-refractivity contribution in [2.75, 3.05) is 6.54 Å². The van der Waals surface area contributed by atoms with Gasteiger partial charge in [0.1, 0.15) is 6.54 Å². The van der Waals surface area contributed by atoms with Crippen molar-refractivity contribution >= 4 is 6.34 Å². The first kappa shape index (κ1) is 4.96. The quantitative estimate of drug-likeness (QED) is 0.264. The number of rotatable bonds is 1. The molecule has 6 heavy (non-hydrogen) atoms. The summed E-state index contributed by atoms with van der Waals surface area (Å²) in [6, 6.07) is 1.79. The average molecular weight is 83.1 g/mol. The summed E-state index contributed by atoms with van der Waals surface area (Å²) in [6.07, 6.45) is 1.11. The minimum atomic E-state index is 0.163. The Morgan fingerprint density at radius 1 is 2.00 bits per heavy atom. The second-order valence-corrected chi connectivity index (χ2v) is 0.648. The molecule has 0 aromatic heterocycles. The largest absolute Gasteiger partial charge is 0.390 e. The fourth-order valence-corrected chi connectivity index (χ4v) is 0.0935. The zero-order chi connectivity index (χ0) is 4.83. The van der Waals surface area contributed by atoms with Crippen LogP contribution in [0.5, 0.6) is 0 Å². The highest BCUT2D eigenvalue weighted by Gasteiger charge is 1.61. The molecule has 2 N–H and O–H groups in total. The maximum absolute atomic E-state index is 7.78. The van der Waals surface area contributed by atoms with Gasteiger partial charge in [-0.2, -0.15) is 5.26 Å². The van der Waals surface area contributed by atoms with Crippen LogP contribution in [0.3, 0.4) is 0 Å². The van der Waals surface area contributed by atoms with Gasteiger partial charge in [-0.25, -0.2) is 0 Å². The molecule has 0 bridgehead atoms. The Morgan fingerprint density at radius 2 is 2.67 bits per heavy atom. The smallest absolute Gasteiger partial charge is 0.127 e. The summed E-state index contributed by atoms with van der Waals surface area (Å²) in [5.41, 5.74) is 4.77. The van der Waals surface area contributed by atoms with Crippen LogP contribution in [0.4, 0.5) is 0 Å². The van der Waals surface area contributed by atoms with E-state index in [-0.39, 0.29) is 6.54 Å². The van der Waals surface area contributed by atoms with Gasteiger partial charge in [0, 0.05) is 0 Å². The normalized spacial score (nSPS) is 8.50. The fourth-order valence-electron chi connectivity index (χ4n) is 0.0935. The van der Waals surface area contributed by atoms with Gasteiger partial charge < -0.3 is 5.73 Å². The second-order valence-electron chi connectivity index (χ2n) is 0.648. The lowest BCUT2D eigenvalue weighted by Crippen LogP contribution is -1.88. The van der Waals surface area contributed by atoms with E-state index in [0.29, 0.717) is 0 Å². The number of nitrogens with two attached hydrogens (primary N) is 1. The van der Waals surface area contributed by atoms with E-state index in [1.54, 1.807) is 6.07 Å². The molecule has 0 aromatic rings. The Kier molecular flexibility index (Phi) is 3.27. The first-order valence-electron chi connectivity index (χ1n) is 1.48. The summed E-state index contributed by atoms with van der Waals surface area (Å²) in [6.45, 7) is 0.163. The summed E-state index contributed by atoms with van der Waals surface area (Å²) in [4.78, 5) is 3.38. The van der Waals surface area contributed by atoms with Crippen LogP contribution in [0.1, 0.15) is 0 Å². The molecule has 3 nitrogen and oxygen atoms in total. The SMILES string of the molecule is N#CCN=CN. The van der Waals surface area contributed by atoms with Crippen LogP contribution in [-0.2, 0) is 0 Å². The number of hydrogen-bond acceptors (Lipinski definition) is 2. The molecule has 3 heteroatoms. The van der Waals surface area contributed by atoms with Gasteiger partial charge in [-0.1, -0.05) is 0 Å². The van der Waals surface area contributed by atoms with Crippen molar-refractivity contribution in [3.63, 3.8) is 0 Å². The highest BCUT2D eigenvalue weighted by molar-refractivity contribution is 5.51. The molecular weight excluding hydrogens is 78.1 g/mol. The molecule has 0 radical (unpaired) electrons. The molecule has 0 aromatic carbocycles. The maximum atomic E-state index is 7.78. The van der Waals surface area contributed by atoms with Crippen LogP contribution in [0, 0.1) is 11.3 Å². The lowest BCUT2D eigenvalue weighted by Gasteiger charge is -1.66. The molecule has 0 atom stereocenters. The van der Waals surface area contributed by atoms with Crippen molar-refractivity contribution in [1.29, 1.82) is 5.26 Å². The number of nitrogens with zero attached hydrogens (tertiary/aromatic N) is 2. The molecule has 0 aliphatic carbocycles. The van der Waals surface area contributed by atoms with Crippen molar-refractivity contribution in [3.8, 4) is 6.07 Å². The van der Waals surface area contributed by atoms with Crippen molar-refractivity contribution in [2.24, 2.45) is 10.7 Å². The van der Waals surface area contributed by atoms with E-state index >= 15 is 0 Å². The molecule has 0 unspecified atom stereocenters. The van der Waals surface area contributed by atoms with Crippen LogP contribution >= 0.6 is 0 Å². The third-order valence-electron chi connectivity index (χ3n) is 0.267. The number of hydrogen-bond donors (Lipinski definition) is 1. The van der Waals surface area contributed by atoms with Gasteiger partial charge in [0.25, 0.3) is 0 Å². The Hall–Kier alpha value is -1.04. The monoisotopic (exact) mass is 83.0 g/mol. The molecule has 0 aliphatic heterocycles. The topological polar surface area (TPSA) is 62.2 Å². The van der Waals surface area contributed by atoms with Gasteiger partial charge in [-0.3, -0.25) is 4.99 Å².